The molecule has 4 fully saturated rings. The van der Waals surface area contributed by atoms with Crippen LogP contribution in [0.25, 0.3) is 0 Å². The lowest BCUT2D eigenvalue weighted by molar-refractivity contribution is -0.139. The number of aliphatic hydroxyl groups excluding tert-OH is 1. The summed E-state index contributed by atoms with van der Waals surface area (Å²) in [5, 5.41) is 11.1. The molecule has 0 spiro atoms. The normalized spacial score (nSPS) is 35.0. The van der Waals surface area contributed by atoms with E-state index in [9.17, 15) is 9.90 Å². The third-order valence-corrected chi connectivity index (χ3v) is 9.26. The molecular formula is C27H49N3O3. The summed E-state index contributed by atoms with van der Waals surface area (Å²) in [5.41, 5.74) is -0.344. The molecule has 3 atom stereocenters. The Hall–Kier alpha value is -0.690. The Kier molecular flexibility index (Phi) is 8.75. The lowest BCUT2D eigenvalue weighted by Gasteiger charge is -2.45. The standard InChI is InChI=1S/C27H49N3O3/c1-27(2)20-33-16-6-7-22-18-29(23-11-13-28(3)14-12-23)15-10-21(22)17-26(32)30(19-25(27)31)24-8-4-5-9-24/h21-25,31H,4-20H2,1-3H3/t21-,22-,25-/m0/s1. The van der Waals surface area contributed by atoms with Gasteiger partial charge in [0.05, 0.1) is 12.7 Å². The fraction of sp³-hybridized carbons (Fsp3) is 0.963. The molecule has 0 aromatic rings. The maximum Gasteiger partial charge on any atom is 0.223 e. The summed E-state index contributed by atoms with van der Waals surface area (Å²) in [4.78, 5) is 21.0. The second-order valence-corrected chi connectivity index (χ2v) is 12.2. The van der Waals surface area contributed by atoms with Crippen LogP contribution in [0.5, 0.6) is 0 Å². The molecule has 0 aromatic heterocycles. The summed E-state index contributed by atoms with van der Waals surface area (Å²) in [7, 11) is 2.23. The topological polar surface area (TPSA) is 56.2 Å². The molecule has 4 aliphatic rings. The van der Waals surface area contributed by atoms with Crippen molar-refractivity contribution >= 4 is 5.91 Å². The van der Waals surface area contributed by atoms with Gasteiger partial charge in [0.15, 0.2) is 0 Å². The Labute approximate surface area is 202 Å². The Morgan fingerprint density at radius 1 is 0.879 bits per heavy atom. The zero-order valence-corrected chi connectivity index (χ0v) is 21.5. The van der Waals surface area contributed by atoms with E-state index in [1.165, 1.54) is 38.8 Å². The summed E-state index contributed by atoms with van der Waals surface area (Å²) in [5.74, 6) is 1.34. The average Bonchev–Trinajstić information content (AvgIpc) is 3.32. The van der Waals surface area contributed by atoms with Crippen LogP contribution in [0.15, 0.2) is 0 Å². The van der Waals surface area contributed by atoms with Crippen LogP contribution in [-0.4, -0.2) is 96.9 Å². The number of aliphatic hydroxyl groups is 1. The predicted octanol–water partition coefficient (Wildman–Crippen LogP) is 3.38. The molecule has 3 heterocycles. The minimum Gasteiger partial charge on any atom is -0.391 e. The molecule has 1 amide bonds. The number of β-amino-alcohol motifs (C(OH)–C–C–N with tert-alkyl or cyclic N) is 1. The highest BCUT2D eigenvalue weighted by Crippen LogP contribution is 2.35. The molecule has 0 aromatic carbocycles. The van der Waals surface area contributed by atoms with Gasteiger partial charge in [0.1, 0.15) is 0 Å². The molecule has 6 nitrogen and oxygen atoms in total. The van der Waals surface area contributed by atoms with E-state index in [-0.39, 0.29) is 5.41 Å². The number of carbonyl (C=O) groups is 1. The van der Waals surface area contributed by atoms with E-state index in [4.69, 9.17) is 4.74 Å². The second kappa shape index (κ2) is 11.4. The van der Waals surface area contributed by atoms with Gasteiger partial charge in [0.2, 0.25) is 5.91 Å². The Morgan fingerprint density at radius 3 is 2.33 bits per heavy atom. The van der Waals surface area contributed by atoms with Gasteiger partial charge >= 0.3 is 0 Å². The van der Waals surface area contributed by atoms with Crippen molar-refractivity contribution in [1.29, 1.82) is 0 Å². The van der Waals surface area contributed by atoms with Crippen LogP contribution in [0.1, 0.15) is 78.1 Å². The fourth-order valence-corrected chi connectivity index (χ4v) is 6.72. The second-order valence-electron chi connectivity index (χ2n) is 12.2. The molecular weight excluding hydrogens is 414 g/mol. The van der Waals surface area contributed by atoms with E-state index in [1.54, 1.807) is 0 Å². The number of hydrogen-bond acceptors (Lipinski definition) is 5. The number of rotatable bonds is 2. The van der Waals surface area contributed by atoms with Crippen LogP contribution < -0.4 is 0 Å². The maximum atomic E-state index is 13.7. The van der Waals surface area contributed by atoms with Crippen molar-refractivity contribution in [3.05, 3.63) is 0 Å². The minimum absolute atomic E-state index is 0.291. The number of hydrogen-bond donors (Lipinski definition) is 1. The van der Waals surface area contributed by atoms with Crippen LogP contribution in [0.2, 0.25) is 0 Å². The third-order valence-electron chi connectivity index (χ3n) is 9.26. The number of nitrogens with zero attached hydrogens (tertiary/aromatic N) is 3. The number of fused-ring (bicyclic) bond motifs is 1. The van der Waals surface area contributed by atoms with Gasteiger partial charge in [-0.2, -0.15) is 0 Å². The first-order valence-electron chi connectivity index (χ1n) is 13.8. The van der Waals surface area contributed by atoms with Gasteiger partial charge in [-0.25, -0.2) is 0 Å². The Morgan fingerprint density at radius 2 is 1.61 bits per heavy atom. The van der Waals surface area contributed by atoms with Crippen LogP contribution in [-0.2, 0) is 9.53 Å². The van der Waals surface area contributed by atoms with Gasteiger partial charge in [-0.3, -0.25) is 9.69 Å². The first-order chi connectivity index (χ1) is 15.8. The van der Waals surface area contributed by atoms with E-state index in [1.807, 2.05) is 0 Å². The minimum atomic E-state index is -0.551. The van der Waals surface area contributed by atoms with Crippen molar-refractivity contribution in [2.24, 2.45) is 17.3 Å². The predicted molar refractivity (Wildman–Crippen MR) is 132 cm³/mol. The van der Waals surface area contributed by atoms with Crippen molar-refractivity contribution in [2.45, 2.75) is 96.2 Å². The van der Waals surface area contributed by atoms with Gasteiger partial charge < -0.3 is 19.6 Å². The molecule has 1 aliphatic carbocycles. The highest BCUT2D eigenvalue weighted by molar-refractivity contribution is 5.77. The molecule has 3 aliphatic heterocycles. The van der Waals surface area contributed by atoms with Crippen LogP contribution in [0, 0.1) is 17.3 Å². The van der Waals surface area contributed by atoms with Crippen LogP contribution in [0.3, 0.4) is 0 Å². The zero-order valence-electron chi connectivity index (χ0n) is 21.5. The highest BCUT2D eigenvalue weighted by Gasteiger charge is 2.39. The van der Waals surface area contributed by atoms with E-state index in [2.05, 4.69) is 35.6 Å². The fourth-order valence-electron chi connectivity index (χ4n) is 6.72. The quantitative estimate of drug-likeness (QED) is 0.680. The van der Waals surface area contributed by atoms with Gasteiger partial charge in [-0.1, -0.05) is 26.7 Å². The maximum absolute atomic E-state index is 13.7. The van der Waals surface area contributed by atoms with Crippen molar-refractivity contribution in [1.82, 2.24) is 14.7 Å². The molecule has 1 saturated carbocycles. The molecule has 6 heteroatoms. The monoisotopic (exact) mass is 463 g/mol. The van der Waals surface area contributed by atoms with Gasteiger partial charge in [0, 0.05) is 43.6 Å². The van der Waals surface area contributed by atoms with E-state index in [0.717, 1.165) is 51.8 Å². The van der Waals surface area contributed by atoms with Crippen molar-refractivity contribution in [2.75, 3.05) is 53.0 Å². The summed E-state index contributed by atoms with van der Waals surface area (Å²) in [6, 6.07) is 1.02. The van der Waals surface area contributed by atoms with Crippen molar-refractivity contribution in [3.8, 4) is 0 Å². The molecule has 3 saturated heterocycles. The third kappa shape index (κ3) is 6.50. The van der Waals surface area contributed by atoms with Gasteiger partial charge in [-0.15, -0.1) is 0 Å². The summed E-state index contributed by atoms with van der Waals surface area (Å²) < 4.78 is 6.07. The smallest absolute Gasteiger partial charge is 0.223 e. The molecule has 0 unspecified atom stereocenters. The summed E-state index contributed by atoms with van der Waals surface area (Å²) in [6.07, 6.45) is 10.6. The molecule has 0 radical (unpaired) electrons. The Balaban J connectivity index is 1.47. The molecule has 190 valence electrons. The lowest BCUT2D eigenvalue weighted by atomic mass is 9.79. The van der Waals surface area contributed by atoms with Gasteiger partial charge in [0.25, 0.3) is 0 Å². The molecule has 1 N–H and O–H groups in total. The lowest BCUT2D eigenvalue weighted by Crippen LogP contribution is -2.51. The van der Waals surface area contributed by atoms with E-state index < -0.39 is 6.10 Å². The molecule has 0 bridgehead atoms. The SMILES string of the molecule is CN1CCC(N2CC[C@H]3CC(=O)N(C4CCCC4)C[C@H](O)C(C)(C)COCCC[C@H]3C2)CC1. The van der Waals surface area contributed by atoms with Crippen molar-refractivity contribution < 1.29 is 14.6 Å². The zero-order chi connectivity index (χ0) is 23.4. The molecule has 4 rings (SSSR count). The first-order valence-corrected chi connectivity index (χ1v) is 13.8. The highest BCUT2D eigenvalue weighted by atomic mass is 16.5. The van der Waals surface area contributed by atoms with Crippen molar-refractivity contribution in [3.63, 3.8) is 0 Å². The number of piperidine rings is 2. The van der Waals surface area contributed by atoms with Crippen LogP contribution in [0.4, 0.5) is 0 Å². The summed E-state index contributed by atoms with van der Waals surface area (Å²) >= 11 is 0. The number of ether oxygens (including phenoxy) is 1. The first kappa shape index (κ1) is 25.4. The van der Waals surface area contributed by atoms with Crippen LogP contribution >= 0.6 is 0 Å². The van der Waals surface area contributed by atoms with E-state index in [0.29, 0.717) is 49.4 Å². The van der Waals surface area contributed by atoms with Gasteiger partial charge in [-0.05, 0) is 83.5 Å². The number of amides is 1. The number of carbonyl (C=O) groups excluding carboxylic acids is 1. The summed E-state index contributed by atoms with van der Waals surface area (Å²) in [6.45, 7) is 10.6. The average molecular weight is 464 g/mol. The van der Waals surface area contributed by atoms with E-state index >= 15 is 0 Å². The Bertz CT molecular complexity index is 628. The number of likely N-dealkylation sites (tertiary alicyclic amines) is 2. The molecule has 33 heavy (non-hydrogen) atoms. The largest absolute Gasteiger partial charge is 0.391 e.